The fourth-order valence-electron chi connectivity index (χ4n) is 2.18. The number of para-hydroxylation sites is 1. The molecule has 0 aliphatic heterocycles. The Morgan fingerprint density at radius 1 is 1.00 bits per heavy atom. The first-order valence-corrected chi connectivity index (χ1v) is 6.99. The molecule has 0 bridgehead atoms. The van der Waals surface area contributed by atoms with Crippen molar-refractivity contribution >= 4 is 34.4 Å². The van der Waals surface area contributed by atoms with Gasteiger partial charge in [0.25, 0.3) is 0 Å². The number of benzene rings is 2. The minimum absolute atomic E-state index is 0.279. The lowest BCUT2D eigenvalue weighted by Gasteiger charge is -2.29. The number of anilines is 3. The first kappa shape index (κ1) is 14.3. The molecular formula is C16H19N3S. The van der Waals surface area contributed by atoms with Crippen LogP contribution in [-0.2, 0) is 0 Å². The van der Waals surface area contributed by atoms with Crippen LogP contribution >= 0.6 is 12.2 Å². The normalized spacial score (nSPS) is 10.3. The molecule has 0 atom stereocenters. The van der Waals surface area contributed by atoms with E-state index >= 15 is 0 Å². The highest BCUT2D eigenvalue weighted by Gasteiger charge is 2.12. The molecule has 0 amide bonds. The van der Waals surface area contributed by atoms with Crippen molar-refractivity contribution in [3.05, 3.63) is 54.6 Å². The van der Waals surface area contributed by atoms with E-state index in [-0.39, 0.29) is 5.11 Å². The highest BCUT2D eigenvalue weighted by atomic mass is 32.1. The maximum Gasteiger partial charge on any atom is 0.168 e. The Kier molecular flexibility index (Phi) is 4.58. The van der Waals surface area contributed by atoms with E-state index in [0.29, 0.717) is 6.04 Å². The number of nitrogens with two attached hydrogens (primary N) is 1. The van der Waals surface area contributed by atoms with E-state index in [1.807, 2.05) is 30.3 Å². The molecule has 0 unspecified atom stereocenters. The second-order valence-corrected chi connectivity index (χ2v) is 5.28. The van der Waals surface area contributed by atoms with Crippen molar-refractivity contribution in [3.8, 4) is 0 Å². The fourth-order valence-corrected chi connectivity index (χ4v) is 2.30. The van der Waals surface area contributed by atoms with Crippen molar-refractivity contribution in [1.29, 1.82) is 0 Å². The Morgan fingerprint density at radius 2 is 1.55 bits per heavy atom. The van der Waals surface area contributed by atoms with Crippen LogP contribution in [0.5, 0.6) is 0 Å². The van der Waals surface area contributed by atoms with Crippen LogP contribution in [0.15, 0.2) is 54.6 Å². The molecule has 104 valence electrons. The average Bonchev–Trinajstić information content (AvgIpc) is 2.41. The molecule has 0 heterocycles. The van der Waals surface area contributed by atoms with Crippen LogP contribution in [0.25, 0.3) is 0 Å². The summed E-state index contributed by atoms with van der Waals surface area (Å²) < 4.78 is 0. The van der Waals surface area contributed by atoms with Gasteiger partial charge in [-0.15, -0.1) is 0 Å². The van der Waals surface area contributed by atoms with Gasteiger partial charge in [0, 0.05) is 23.1 Å². The van der Waals surface area contributed by atoms with Crippen LogP contribution in [0, 0.1) is 0 Å². The Hall–Kier alpha value is -2.07. The van der Waals surface area contributed by atoms with Crippen molar-refractivity contribution in [3.63, 3.8) is 0 Å². The molecular weight excluding hydrogens is 266 g/mol. The molecule has 0 saturated heterocycles. The van der Waals surface area contributed by atoms with Gasteiger partial charge in [0.05, 0.1) is 0 Å². The summed E-state index contributed by atoms with van der Waals surface area (Å²) in [5, 5.41) is 3.21. The maximum absolute atomic E-state index is 5.47. The standard InChI is InChI=1S/C16H19N3S/c1-12(2)19(14-6-4-3-5-7-14)15-10-8-13(9-11-15)18-16(17)20/h3-12H,1-2H3,(H3,17,18,20). The molecule has 3 N–H and O–H groups in total. The van der Waals surface area contributed by atoms with Gasteiger partial charge in [0.15, 0.2) is 5.11 Å². The molecule has 2 rings (SSSR count). The fraction of sp³-hybridized carbons (Fsp3) is 0.188. The summed E-state index contributed by atoms with van der Waals surface area (Å²) in [7, 11) is 0. The SMILES string of the molecule is CC(C)N(c1ccccc1)c1ccc(NC(N)=S)cc1. The number of hydrogen-bond donors (Lipinski definition) is 2. The molecule has 0 aliphatic carbocycles. The molecule has 0 aliphatic rings. The zero-order valence-corrected chi connectivity index (χ0v) is 12.5. The number of hydrogen-bond acceptors (Lipinski definition) is 2. The van der Waals surface area contributed by atoms with Gasteiger partial charge in [-0.3, -0.25) is 0 Å². The Morgan fingerprint density at radius 3 is 2.05 bits per heavy atom. The number of rotatable bonds is 4. The molecule has 4 heteroatoms. The molecule has 0 spiro atoms. The largest absolute Gasteiger partial charge is 0.376 e. The van der Waals surface area contributed by atoms with Crippen LogP contribution in [0.3, 0.4) is 0 Å². The number of thiocarbonyl (C=S) groups is 1. The molecule has 20 heavy (non-hydrogen) atoms. The van der Waals surface area contributed by atoms with Crippen molar-refractivity contribution in [2.24, 2.45) is 5.73 Å². The van der Waals surface area contributed by atoms with E-state index in [1.54, 1.807) is 0 Å². The van der Waals surface area contributed by atoms with Crippen molar-refractivity contribution in [1.82, 2.24) is 0 Å². The predicted octanol–water partition coefficient (Wildman–Crippen LogP) is 3.89. The number of nitrogens with one attached hydrogen (secondary N) is 1. The van der Waals surface area contributed by atoms with Crippen LogP contribution in [0.4, 0.5) is 17.1 Å². The van der Waals surface area contributed by atoms with Crippen LogP contribution in [0.1, 0.15) is 13.8 Å². The summed E-state index contributed by atoms with van der Waals surface area (Å²) >= 11 is 4.84. The van der Waals surface area contributed by atoms with E-state index < -0.39 is 0 Å². The first-order chi connectivity index (χ1) is 9.58. The van der Waals surface area contributed by atoms with E-state index in [9.17, 15) is 0 Å². The molecule has 0 fully saturated rings. The van der Waals surface area contributed by atoms with E-state index in [4.69, 9.17) is 18.0 Å². The quantitative estimate of drug-likeness (QED) is 0.836. The summed E-state index contributed by atoms with van der Waals surface area (Å²) in [4.78, 5) is 2.28. The zero-order valence-electron chi connectivity index (χ0n) is 11.7. The average molecular weight is 285 g/mol. The second-order valence-electron chi connectivity index (χ2n) is 4.84. The minimum atomic E-state index is 0.279. The van der Waals surface area contributed by atoms with Gasteiger partial charge >= 0.3 is 0 Å². The Balaban J connectivity index is 2.29. The van der Waals surface area contributed by atoms with Gasteiger partial charge in [0.1, 0.15) is 0 Å². The minimum Gasteiger partial charge on any atom is -0.376 e. The molecule has 0 saturated carbocycles. The van der Waals surface area contributed by atoms with Gasteiger partial charge in [-0.25, -0.2) is 0 Å². The first-order valence-electron chi connectivity index (χ1n) is 6.58. The highest BCUT2D eigenvalue weighted by molar-refractivity contribution is 7.80. The Bertz CT molecular complexity index is 564. The smallest absolute Gasteiger partial charge is 0.168 e. The molecule has 2 aromatic rings. The lowest BCUT2D eigenvalue weighted by molar-refractivity contribution is 0.789. The van der Waals surface area contributed by atoms with Crippen molar-refractivity contribution < 1.29 is 0 Å². The van der Waals surface area contributed by atoms with Crippen molar-refractivity contribution in [2.75, 3.05) is 10.2 Å². The second kappa shape index (κ2) is 6.39. The van der Waals surface area contributed by atoms with Crippen LogP contribution in [-0.4, -0.2) is 11.2 Å². The lowest BCUT2D eigenvalue weighted by Crippen LogP contribution is -2.25. The predicted molar refractivity (Wildman–Crippen MR) is 90.6 cm³/mol. The van der Waals surface area contributed by atoms with Gasteiger partial charge in [-0.2, -0.15) is 0 Å². The third kappa shape index (κ3) is 3.48. The molecule has 3 nitrogen and oxygen atoms in total. The van der Waals surface area contributed by atoms with Crippen LogP contribution in [0.2, 0.25) is 0 Å². The molecule has 0 aromatic heterocycles. The molecule has 2 aromatic carbocycles. The van der Waals surface area contributed by atoms with Crippen molar-refractivity contribution in [2.45, 2.75) is 19.9 Å². The third-order valence-corrected chi connectivity index (χ3v) is 3.07. The van der Waals surface area contributed by atoms with Gasteiger partial charge in [-0.05, 0) is 62.5 Å². The molecule has 0 radical (unpaired) electrons. The highest BCUT2D eigenvalue weighted by Crippen LogP contribution is 2.28. The van der Waals surface area contributed by atoms with Crippen LogP contribution < -0.4 is 16.0 Å². The summed E-state index contributed by atoms with van der Waals surface area (Å²) in [5.41, 5.74) is 8.69. The van der Waals surface area contributed by atoms with Gasteiger partial charge in [-0.1, -0.05) is 18.2 Å². The summed E-state index contributed by atoms with van der Waals surface area (Å²) in [6.07, 6.45) is 0. The topological polar surface area (TPSA) is 41.3 Å². The summed E-state index contributed by atoms with van der Waals surface area (Å²) in [6.45, 7) is 4.35. The monoisotopic (exact) mass is 285 g/mol. The van der Waals surface area contributed by atoms with Gasteiger partial charge < -0.3 is 16.0 Å². The van der Waals surface area contributed by atoms with Gasteiger partial charge in [0.2, 0.25) is 0 Å². The Labute approximate surface area is 125 Å². The summed E-state index contributed by atoms with van der Waals surface area (Å²) in [6, 6.07) is 18.8. The summed E-state index contributed by atoms with van der Waals surface area (Å²) in [5.74, 6) is 0. The lowest BCUT2D eigenvalue weighted by atomic mass is 10.2. The zero-order chi connectivity index (χ0) is 14.5. The number of nitrogens with zero attached hydrogens (tertiary/aromatic N) is 1. The van der Waals surface area contributed by atoms with E-state index in [2.05, 4.69) is 48.3 Å². The van der Waals surface area contributed by atoms with E-state index in [0.717, 1.165) is 11.4 Å². The third-order valence-electron chi connectivity index (χ3n) is 2.96. The maximum atomic E-state index is 5.47. The van der Waals surface area contributed by atoms with E-state index in [1.165, 1.54) is 5.69 Å².